The van der Waals surface area contributed by atoms with Gasteiger partial charge >= 0.3 is 6.18 Å². The molecule has 0 saturated heterocycles. The first kappa shape index (κ1) is 22.7. The van der Waals surface area contributed by atoms with E-state index >= 15 is 0 Å². The maximum absolute atomic E-state index is 12.7. The van der Waals surface area contributed by atoms with Crippen LogP contribution in [-0.4, -0.2) is 18.0 Å². The van der Waals surface area contributed by atoms with Crippen molar-refractivity contribution in [3.63, 3.8) is 0 Å². The zero-order chi connectivity index (χ0) is 18.4. The summed E-state index contributed by atoms with van der Waals surface area (Å²) in [6.07, 6.45) is -4.34. The lowest BCUT2D eigenvalue weighted by Crippen LogP contribution is -2.36. The summed E-state index contributed by atoms with van der Waals surface area (Å²) < 4.78 is 38.2. The van der Waals surface area contributed by atoms with Gasteiger partial charge in [-0.25, -0.2) is 4.98 Å². The molecule has 0 bridgehead atoms. The molecule has 2 N–H and O–H groups in total. The van der Waals surface area contributed by atoms with Crippen LogP contribution in [0.25, 0.3) is 0 Å². The topological polar surface area (TPSA) is 49.3 Å². The number of nitrogens with one attached hydrogen (secondary N) is 2. The van der Waals surface area contributed by atoms with Gasteiger partial charge in [-0.15, -0.1) is 35.3 Å². The number of halogens is 4. The molecule has 9 heteroatoms. The average molecular weight is 498 g/mol. The van der Waals surface area contributed by atoms with Crippen LogP contribution in [0.4, 0.5) is 13.2 Å². The standard InChI is InChI=1S/C17H21F3N4S.HI/c1-11(2)15-24-14(10-25-15)9-23-16(21-3)22-8-12-5-4-6-13(7-12)17(18,19)20;/h4-7,10-11H,8-9H2,1-3H3,(H2,21,22,23);1H. The lowest BCUT2D eigenvalue weighted by molar-refractivity contribution is -0.137. The number of nitrogens with zero attached hydrogens (tertiary/aromatic N) is 2. The van der Waals surface area contributed by atoms with Gasteiger partial charge in [0, 0.05) is 24.9 Å². The molecule has 0 radical (unpaired) electrons. The molecule has 2 rings (SSSR count). The molecule has 144 valence electrons. The number of aliphatic imine (C=N–C) groups is 1. The lowest BCUT2D eigenvalue weighted by atomic mass is 10.1. The number of benzene rings is 1. The second kappa shape index (κ2) is 10.1. The predicted octanol–water partition coefficient (Wildman–Crippen LogP) is 4.77. The van der Waals surface area contributed by atoms with Crippen molar-refractivity contribution in [1.82, 2.24) is 15.6 Å². The number of hydrogen-bond acceptors (Lipinski definition) is 3. The lowest BCUT2D eigenvalue weighted by Gasteiger charge is -2.12. The van der Waals surface area contributed by atoms with E-state index in [1.165, 1.54) is 6.07 Å². The minimum atomic E-state index is -4.34. The van der Waals surface area contributed by atoms with Crippen LogP contribution in [0.15, 0.2) is 34.6 Å². The third-order valence-corrected chi connectivity index (χ3v) is 4.63. The molecular formula is C17H22F3IN4S. The molecule has 0 spiro atoms. The summed E-state index contributed by atoms with van der Waals surface area (Å²) in [6, 6.07) is 5.24. The first-order chi connectivity index (χ1) is 11.8. The molecule has 0 aliphatic carbocycles. The third kappa shape index (κ3) is 6.75. The Morgan fingerprint density at radius 2 is 1.92 bits per heavy atom. The van der Waals surface area contributed by atoms with Crippen LogP contribution >= 0.6 is 35.3 Å². The van der Waals surface area contributed by atoms with Gasteiger partial charge in [0.05, 0.1) is 22.8 Å². The van der Waals surface area contributed by atoms with Crippen LogP contribution < -0.4 is 10.6 Å². The molecule has 2 aromatic rings. The molecule has 1 heterocycles. The largest absolute Gasteiger partial charge is 0.416 e. The van der Waals surface area contributed by atoms with E-state index in [1.54, 1.807) is 24.5 Å². The van der Waals surface area contributed by atoms with Crippen LogP contribution in [-0.2, 0) is 19.3 Å². The molecule has 0 amide bonds. The molecule has 0 unspecified atom stereocenters. The summed E-state index contributed by atoms with van der Waals surface area (Å²) >= 11 is 1.61. The van der Waals surface area contributed by atoms with E-state index in [1.807, 2.05) is 5.38 Å². The van der Waals surface area contributed by atoms with E-state index in [0.717, 1.165) is 22.8 Å². The van der Waals surface area contributed by atoms with E-state index < -0.39 is 11.7 Å². The van der Waals surface area contributed by atoms with Gasteiger partial charge in [-0.2, -0.15) is 13.2 Å². The molecule has 26 heavy (non-hydrogen) atoms. The van der Waals surface area contributed by atoms with Crippen molar-refractivity contribution < 1.29 is 13.2 Å². The fourth-order valence-electron chi connectivity index (χ4n) is 2.11. The van der Waals surface area contributed by atoms with Crippen molar-refractivity contribution in [1.29, 1.82) is 0 Å². The highest BCUT2D eigenvalue weighted by Gasteiger charge is 2.30. The SMILES string of the molecule is CN=C(NCc1cccc(C(F)(F)F)c1)NCc1csc(C(C)C)n1.I. The first-order valence-corrected chi connectivity index (χ1v) is 8.72. The van der Waals surface area contributed by atoms with Crippen molar-refractivity contribution in [3.05, 3.63) is 51.5 Å². The molecule has 0 aliphatic rings. The molecule has 4 nitrogen and oxygen atoms in total. The van der Waals surface area contributed by atoms with Crippen LogP contribution in [0.2, 0.25) is 0 Å². The highest BCUT2D eigenvalue weighted by atomic mass is 127. The molecule has 1 aromatic heterocycles. The Morgan fingerprint density at radius 3 is 2.50 bits per heavy atom. The third-order valence-electron chi connectivity index (χ3n) is 3.44. The summed E-state index contributed by atoms with van der Waals surface area (Å²) in [5, 5.41) is 9.19. The zero-order valence-corrected chi connectivity index (χ0v) is 17.9. The fourth-order valence-corrected chi connectivity index (χ4v) is 2.94. The number of rotatable bonds is 5. The van der Waals surface area contributed by atoms with Crippen molar-refractivity contribution in [2.45, 2.75) is 39.0 Å². The van der Waals surface area contributed by atoms with Crippen LogP contribution in [0.3, 0.4) is 0 Å². The smallest absolute Gasteiger partial charge is 0.352 e. The second-order valence-electron chi connectivity index (χ2n) is 5.81. The zero-order valence-electron chi connectivity index (χ0n) is 14.7. The maximum Gasteiger partial charge on any atom is 0.416 e. The van der Waals surface area contributed by atoms with Gasteiger partial charge in [-0.3, -0.25) is 4.99 Å². The second-order valence-corrected chi connectivity index (χ2v) is 6.70. The van der Waals surface area contributed by atoms with Crippen LogP contribution in [0, 0.1) is 0 Å². The molecule has 0 atom stereocenters. The highest BCUT2D eigenvalue weighted by molar-refractivity contribution is 14.0. The maximum atomic E-state index is 12.7. The molecular weight excluding hydrogens is 476 g/mol. The Morgan fingerprint density at radius 1 is 1.23 bits per heavy atom. The summed E-state index contributed by atoms with van der Waals surface area (Å²) in [7, 11) is 1.61. The van der Waals surface area contributed by atoms with E-state index in [4.69, 9.17) is 0 Å². The van der Waals surface area contributed by atoms with Crippen molar-refractivity contribution >= 4 is 41.3 Å². The Balaban J connectivity index is 0.00000338. The van der Waals surface area contributed by atoms with Gasteiger partial charge in [-0.1, -0.05) is 26.0 Å². The molecule has 0 saturated carbocycles. The highest BCUT2D eigenvalue weighted by Crippen LogP contribution is 2.29. The van der Waals surface area contributed by atoms with Gasteiger partial charge in [0.2, 0.25) is 0 Å². The van der Waals surface area contributed by atoms with Crippen LogP contribution in [0.1, 0.15) is 41.6 Å². The fraction of sp³-hybridized carbons (Fsp3) is 0.412. The van der Waals surface area contributed by atoms with E-state index in [-0.39, 0.29) is 30.5 Å². The van der Waals surface area contributed by atoms with Crippen molar-refractivity contribution in [2.75, 3.05) is 7.05 Å². The minimum absolute atomic E-state index is 0. The summed E-state index contributed by atoms with van der Waals surface area (Å²) in [6.45, 7) is 4.93. The van der Waals surface area contributed by atoms with Crippen LogP contribution in [0.5, 0.6) is 0 Å². The monoisotopic (exact) mass is 498 g/mol. The number of thiazole rings is 1. The predicted molar refractivity (Wildman–Crippen MR) is 110 cm³/mol. The quantitative estimate of drug-likeness (QED) is 0.355. The number of alkyl halides is 3. The number of hydrogen-bond donors (Lipinski definition) is 2. The Labute approximate surface area is 172 Å². The van der Waals surface area contributed by atoms with Gasteiger partial charge in [0.15, 0.2) is 5.96 Å². The first-order valence-electron chi connectivity index (χ1n) is 7.84. The number of aromatic nitrogens is 1. The van der Waals surface area contributed by atoms with E-state index in [0.29, 0.717) is 24.0 Å². The van der Waals surface area contributed by atoms with Crippen molar-refractivity contribution in [3.8, 4) is 0 Å². The summed E-state index contributed by atoms with van der Waals surface area (Å²) in [4.78, 5) is 8.60. The van der Waals surface area contributed by atoms with Gasteiger partial charge < -0.3 is 10.6 Å². The summed E-state index contributed by atoms with van der Waals surface area (Å²) in [5.74, 6) is 0.897. The van der Waals surface area contributed by atoms with Gasteiger partial charge in [0.25, 0.3) is 0 Å². The Bertz CT molecular complexity index is 729. The van der Waals surface area contributed by atoms with E-state index in [9.17, 15) is 13.2 Å². The normalized spacial score (nSPS) is 12.0. The molecule has 1 aromatic carbocycles. The Kier molecular flexibility index (Phi) is 8.81. The Hall–Kier alpha value is -1.36. The molecule has 0 aliphatic heterocycles. The van der Waals surface area contributed by atoms with Gasteiger partial charge in [-0.05, 0) is 17.7 Å². The van der Waals surface area contributed by atoms with E-state index in [2.05, 4.69) is 34.5 Å². The average Bonchev–Trinajstić information content (AvgIpc) is 3.04. The van der Waals surface area contributed by atoms with Gasteiger partial charge in [0.1, 0.15) is 0 Å². The minimum Gasteiger partial charge on any atom is -0.352 e. The summed E-state index contributed by atoms with van der Waals surface area (Å²) in [5.41, 5.74) is 0.794. The van der Waals surface area contributed by atoms with Crippen molar-refractivity contribution in [2.24, 2.45) is 4.99 Å². The number of guanidine groups is 1. The molecule has 0 fully saturated rings.